The highest BCUT2D eigenvalue weighted by Gasteiger charge is 2.29. The summed E-state index contributed by atoms with van der Waals surface area (Å²) in [5.74, 6) is -3.63. The molecule has 0 aromatic heterocycles. The molecule has 0 aliphatic heterocycles. The van der Waals surface area contributed by atoms with Gasteiger partial charge in [0.05, 0.1) is 19.2 Å². The molecular formula is C21H42N12O6. The van der Waals surface area contributed by atoms with Gasteiger partial charge in [-0.25, -0.2) is 4.79 Å². The van der Waals surface area contributed by atoms with Gasteiger partial charge in [0.1, 0.15) is 18.1 Å². The Bertz CT molecular complexity index is 847. The first-order valence-corrected chi connectivity index (χ1v) is 12.6. The van der Waals surface area contributed by atoms with Crippen LogP contribution in [0.15, 0.2) is 10.2 Å². The van der Waals surface area contributed by atoms with Crippen molar-refractivity contribution in [2.45, 2.75) is 75.5 Å². The first kappa shape index (κ1) is 35.1. The summed E-state index contributed by atoms with van der Waals surface area (Å²) in [6.07, 6.45) is 2.76. The Labute approximate surface area is 226 Å². The number of unbranched alkanes of at least 4 members (excludes halogenated alkanes) is 2. The highest BCUT2D eigenvalue weighted by molar-refractivity contribution is 5.94. The number of aliphatic hydroxyl groups excluding tert-OH is 1. The summed E-state index contributed by atoms with van der Waals surface area (Å²) >= 11 is 0. The lowest BCUT2D eigenvalue weighted by atomic mass is 10.1. The van der Waals surface area contributed by atoms with E-state index in [1.54, 1.807) is 0 Å². The number of aliphatic imine (C=N–C) groups is 1. The van der Waals surface area contributed by atoms with Crippen molar-refractivity contribution in [3.63, 3.8) is 0 Å². The van der Waals surface area contributed by atoms with E-state index in [-0.39, 0.29) is 31.8 Å². The van der Waals surface area contributed by atoms with Crippen LogP contribution in [-0.4, -0.2) is 90.3 Å². The summed E-state index contributed by atoms with van der Waals surface area (Å²) in [5.41, 5.74) is 32.5. The number of carbonyl (C=O) groups excluding carboxylic acids is 3. The lowest BCUT2D eigenvalue weighted by Crippen LogP contribution is -2.58. The molecular weight excluding hydrogens is 516 g/mol. The van der Waals surface area contributed by atoms with E-state index in [0.29, 0.717) is 45.2 Å². The Balaban J connectivity index is 5.15. The summed E-state index contributed by atoms with van der Waals surface area (Å²) in [6, 6.07) is -4.76. The second-order valence-corrected chi connectivity index (χ2v) is 8.64. The first-order valence-electron chi connectivity index (χ1n) is 12.6. The fourth-order valence-electron chi connectivity index (χ4n) is 3.32. The molecule has 0 aliphatic rings. The molecule has 0 aromatic rings. The molecule has 0 aromatic carbocycles. The number of amides is 3. The van der Waals surface area contributed by atoms with Crippen molar-refractivity contribution >= 4 is 29.7 Å². The van der Waals surface area contributed by atoms with Gasteiger partial charge in [-0.2, -0.15) is 4.91 Å². The number of nitrogens with zero attached hydrogens (tertiary/aromatic N) is 4. The average Bonchev–Trinajstić information content (AvgIpc) is 2.89. The largest absolute Gasteiger partial charge is 0.480 e. The number of carboxylic acids is 1. The molecule has 39 heavy (non-hydrogen) atoms. The van der Waals surface area contributed by atoms with Gasteiger partial charge in [-0.05, 0) is 63.1 Å². The van der Waals surface area contributed by atoms with Crippen molar-refractivity contribution < 1.29 is 29.4 Å². The van der Waals surface area contributed by atoms with Crippen LogP contribution in [0.4, 0.5) is 0 Å². The minimum absolute atomic E-state index is 0.0933. The van der Waals surface area contributed by atoms with E-state index >= 15 is 0 Å². The van der Waals surface area contributed by atoms with Gasteiger partial charge in [0.25, 0.3) is 0 Å². The normalized spacial score (nSPS) is 13.5. The number of azide groups is 1. The van der Waals surface area contributed by atoms with Crippen molar-refractivity contribution in [3.8, 4) is 0 Å². The van der Waals surface area contributed by atoms with E-state index in [0.717, 1.165) is 0 Å². The van der Waals surface area contributed by atoms with Crippen molar-refractivity contribution in [2.24, 2.45) is 33.2 Å². The van der Waals surface area contributed by atoms with Crippen molar-refractivity contribution in [2.75, 3.05) is 26.2 Å². The maximum absolute atomic E-state index is 12.9. The number of carboxylic acid groups (broad SMARTS) is 1. The first-order chi connectivity index (χ1) is 18.6. The predicted octanol–water partition coefficient (Wildman–Crippen LogP) is -2.99. The molecule has 0 fully saturated rings. The second-order valence-electron chi connectivity index (χ2n) is 8.64. The van der Waals surface area contributed by atoms with Gasteiger partial charge in [0.15, 0.2) is 5.96 Å². The van der Waals surface area contributed by atoms with E-state index < -0.39 is 54.5 Å². The molecule has 18 nitrogen and oxygen atoms in total. The zero-order valence-corrected chi connectivity index (χ0v) is 21.9. The lowest BCUT2D eigenvalue weighted by Gasteiger charge is -2.24. The van der Waals surface area contributed by atoms with Crippen LogP contribution in [0.3, 0.4) is 0 Å². The Kier molecular flexibility index (Phi) is 19.0. The smallest absolute Gasteiger partial charge is 0.326 e. The third-order valence-electron chi connectivity index (χ3n) is 5.46. The van der Waals surface area contributed by atoms with Crippen LogP contribution in [0, 0.1) is 0 Å². The van der Waals surface area contributed by atoms with Crippen LogP contribution < -0.4 is 44.3 Å². The Hall–Kier alpha value is -3.86. The molecule has 0 bridgehead atoms. The molecule has 0 saturated heterocycles. The highest BCUT2D eigenvalue weighted by Crippen LogP contribution is 2.06. The van der Waals surface area contributed by atoms with Crippen LogP contribution in [-0.2, 0) is 19.2 Å². The maximum atomic E-state index is 12.9. The minimum atomic E-state index is -1.40. The molecule has 0 spiro atoms. The van der Waals surface area contributed by atoms with Crippen molar-refractivity contribution in [3.05, 3.63) is 10.4 Å². The third-order valence-corrected chi connectivity index (χ3v) is 5.46. The summed E-state index contributed by atoms with van der Waals surface area (Å²) < 4.78 is 0. The number of aliphatic hydroxyl groups is 1. The van der Waals surface area contributed by atoms with Crippen molar-refractivity contribution in [1.29, 1.82) is 0 Å². The molecule has 0 unspecified atom stereocenters. The molecule has 0 saturated carbocycles. The molecule has 0 heterocycles. The number of rotatable bonds is 22. The summed E-state index contributed by atoms with van der Waals surface area (Å²) in [4.78, 5) is 56.1. The Morgan fingerprint density at radius 2 is 1.44 bits per heavy atom. The van der Waals surface area contributed by atoms with Crippen LogP contribution in [0.1, 0.15) is 51.4 Å². The molecule has 0 rings (SSSR count). The van der Waals surface area contributed by atoms with E-state index in [1.165, 1.54) is 0 Å². The SMILES string of the molecule is [N-]=[N+]=NNCCCC[C@H](NC(=O)[C@H](CCCCN)NC(=O)[C@H](CO)NC(=O)[C@@H](N)CCCN=C(N)N)C(=O)O. The van der Waals surface area contributed by atoms with Crippen molar-refractivity contribution in [1.82, 2.24) is 21.4 Å². The number of nitrogens with two attached hydrogens (primary N) is 4. The van der Waals surface area contributed by atoms with E-state index in [4.69, 9.17) is 28.5 Å². The number of guanidine groups is 1. The Morgan fingerprint density at radius 1 is 0.846 bits per heavy atom. The van der Waals surface area contributed by atoms with E-state index in [9.17, 15) is 29.4 Å². The van der Waals surface area contributed by atoms with E-state index in [1.807, 2.05) is 0 Å². The molecule has 4 atom stereocenters. The monoisotopic (exact) mass is 558 g/mol. The fourth-order valence-corrected chi connectivity index (χ4v) is 3.32. The molecule has 222 valence electrons. The standard InChI is InChI=1S/C21H42N12O6/c22-9-3-1-7-14(18(36)30-15(20(38)39)8-2-4-11-28-33-32-26)29-19(37)16(12-34)31-17(35)13(23)6-5-10-27-21(24)25/h13-16,28,34H,1-12,22-23H2,(H,29,37)(H,30,36)(H,31,35)(H,38,39)(H4,24,25,27)/t13-,14-,15-,16-/m0/s1. The minimum Gasteiger partial charge on any atom is -0.480 e. The maximum Gasteiger partial charge on any atom is 0.326 e. The molecule has 3 amide bonds. The van der Waals surface area contributed by atoms with Gasteiger partial charge in [-0.15, -0.1) is 5.53 Å². The third kappa shape index (κ3) is 16.6. The highest BCUT2D eigenvalue weighted by atomic mass is 16.4. The fraction of sp³-hybridized carbons (Fsp3) is 0.762. The van der Waals surface area contributed by atoms with Crippen LogP contribution in [0.5, 0.6) is 0 Å². The number of hydrogen-bond acceptors (Lipinski definition) is 9. The van der Waals surface area contributed by atoms with Crippen LogP contribution >= 0.6 is 0 Å². The van der Waals surface area contributed by atoms with Gasteiger partial charge in [0.2, 0.25) is 17.7 Å². The van der Waals surface area contributed by atoms with Crippen LogP contribution in [0.2, 0.25) is 0 Å². The van der Waals surface area contributed by atoms with Gasteiger partial charge < -0.3 is 49.1 Å². The topological polar surface area (TPSA) is 322 Å². The number of hydrogen-bond donors (Lipinski definition) is 10. The molecule has 14 N–H and O–H groups in total. The molecule has 0 radical (unpaired) electrons. The molecule has 0 aliphatic carbocycles. The van der Waals surface area contributed by atoms with Gasteiger partial charge in [-0.3, -0.25) is 24.8 Å². The molecule has 18 heteroatoms. The quantitative estimate of drug-likeness (QED) is 0.0121. The van der Waals surface area contributed by atoms with Gasteiger partial charge >= 0.3 is 5.97 Å². The number of aliphatic carboxylic acids is 1. The lowest BCUT2D eigenvalue weighted by molar-refractivity contribution is -0.142. The predicted molar refractivity (Wildman–Crippen MR) is 142 cm³/mol. The van der Waals surface area contributed by atoms with E-state index in [2.05, 4.69) is 36.5 Å². The average molecular weight is 559 g/mol. The summed E-state index contributed by atoms with van der Waals surface area (Å²) in [5, 5.41) is 29.6. The zero-order valence-electron chi connectivity index (χ0n) is 21.9. The van der Waals surface area contributed by atoms with Gasteiger partial charge in [0, 0.05) is 6.54 Å². The Morgan fingerprint density at radius 3 is 2.03 bits per heavy atom. The number of nitrogens with one attached hydrogen (secondary N) is 4. The summed E-state index contributed by atoms with van der Waals surface area (Å²) in [6.45, 7) is 0.171. The zero-order chi connectivity index (χ0) is 29.6. The summed E-state index contributed by atoms with van der Waals surface area (Å²) in [7, 11) is 0. The van der Waals surface area contributed by atoms with Crippen LogP contribution in [0.25, 0.3) is 10.4 Å². The number of carbonyl (C=O) groups is 4. The van der Waals surface area contributed by atoms with Gasteiger partial charge in [-0.1, -0.05) is 0 Å². The second kappa shape index (κ2) is 21.1.